The summed E-state index contributed by atoms with van der Waals surface area (Å²) < 4.78 is 38.0. The molecule has 8 heteroatoms. The van der Waals surface area contributed by atoms with Gasteiger partial charge in [-0.25, -0.2) is 0 Å². The molecule has 0 aliphatic heterocycles. The van der Waals surface area contributed by atoms with Gasteiger partial charge in [-0.3, -0.25) is 9.59 Å². The van der Waals surface area contributed by atoms with E-state index in [1.807, 2.05) is 24.3 Å². The highest BCUT2D eigenvalue weighted by Crippen LogP contribution is 2.43. The van der Waals surface area contributed by atoms with Crippen LogP contribution in [0.2, 0.25) is 0 Å². The van der Waals surface area contributed by atoms with Crippen molar-refractivity contribution in [2.24, 2.45) is 11.8 Å². The maximum atomic E-state index is 13.0. The van der Waals surface area contributed by atoms with Gasteiger partial charge in [-0.2, -0.15) is 0 Å². The van der Waals surface area contributed by atoms with E-state index in [4.69, 9.17) is 28.4 Å². The van der Waals surface area contributed by atoms with Crippen LogP contribution in [0.15, 0.2) is 42.5 Å². The molecule has 4 unspecified atom stereocenters. The molecule has 0 saturated carbocycles. The fraction of sp³-hybridized carbons (Fsp3) is 0.680. The summed E-state index contributed by atoms with van der Waals surface area (Å²) in [5, 5.41) is 3.60. The summed E-state index contributed by atoms with van der Waals surface area (Å²) in [6.45, 7) is 17.4. The Bertz CT molecular complexity index is 1590. The first-order valence-corrected chi connectivity index (χ1v) is 23.1. The smallest absolute Gasteiger partial charge is 0.306 e. The fourth-order valence-corrected chi connectivity index (χ4v) is 7.32. The number of fused-ring (bicyclic) bond motifs is 2. The number of hydrogen-bond acceptors (Lipinski definition) is 8. The van der Waals surface area contributed by atoms with Gasteiger partial charge in [0.25, 0.3) is 0 Å². The first-order chi connectivity index (χ1) is 28.3. The molecule has 3 aromatic rings. The maximum absolute atomic E-state index is 13.0. The van der Waals surface area contributed by atoms with Crippen molar-refractivity contribution >= 4 is 33.5 Å². The van der Waals surface area contributed by atoms with Gasteiger partial charge >= 0.3 is 11.9 Å². The van der Waals surface area contributed by atoms with E-state index in [2.05, 4.69) is 66.7 Å². The number of benzene rings is 3. The molecule has 0 saturated heterocycles. The van der Waals surface area contributed by atoms with Gasteiger partial charge in [-0.05, 0) is 55.6 Å². The van der Waals surface area contributed by atoms with Crippen LogP contribution in [0.4, 0.5) is 0 Å². The number of carbonyl (C=O) groups is 2. The Balaban J connectivity index is 1.93. The SMILES string of the molecule is CCCCCC(=O)OC(COCC(CC)CCCC)COc1c2ccccc2c(OCC(COCC(CC)CCCC)OC(=O)CCCCC)c2cc(CC)ccc12. The average molecular weight is 807 g/mol. The lowest BCUT2D eigenvalue weighted by atomic mass is 9.98. The van der Waals surface area contributed by atoms with Crippen molar-refractivity contribution < 1.29 is 38.0 Å². The molecule has 0 aliphatic carbocycles. The molecule has 0 fully saturated rings. The molecule has 3 aromatic carbocycles. The third-order valence-electron chi connectivity index (χ3n) is 11.2. The molecule has 0 aliphatic rings. The maximum Gasteiger partial charge on any atom is 0.306 e. The molecule has 3 rings (SSSR count). The van der Waals surface area contributed by atoms with Gasteiger partial charge in [0.2, 0.25) is 0 Å². The highest BCUT2D eigenvalue weighted by Gasteiger charge is 2.23. The number of hydrogen-bond donors (Lipinski definition) is 0. The molecule has 0 amide bonds. The first-order valence-electron chi connectivity index (χ1n) is 23.1. The van der Waals surface area contributed by atoms with E-state index in [1.165, 1.54) is 18.4 Å². The molecule has 326 valence electrons. The van der Waals surface area contributed by atoms with Gasteiger partial charge in [-0.15, -0.1) is 0 Å². The monoisotopic (exact) mass is 807 g/mol. The van der Waals surface area contributed by atoms with Crippen molar-refractivity contribution in [3.05, 3.63) is 48.0 Å². The second-order valence-electron chi connectivity index (χ2n) is 16.1. The summed E-state index contributed by atoms with van der Waals surface area (Å²) in [6.07, 6.45) is 15.2. The minimum Gasteiger partial charge on any atom is -0.488 e. The van der Waals surface area contributed by atoms with Crippen LogP contribution in [0.3, 0.4) is 0 Å². The minimum absolute atomic E-state index is 0.157. The minimum atomic E-state index is -0.557. The van der Waals surface area contributed by atoms with Crippen molar-refractivity contribution in [3.63, 3.8) is 0 Å². The second kappa shape index (κ2) is 29.0. The zero-order chi connectivity index (χ0) is 42.0. The summed E-state index contributed by atoms with van der Waals surface area (Å²) in [5.74, 6) is 1.95. The van der Waals surface area contributed by atoms with Crippen LogP contribution in [-0.4, -0.2) is 63.8 Å². The Kier molecular flexibility index (Phi) is 24.5. The Morgan fingerprint density at radius 3 is 1.38 bits per heavy atom. The van der Waals surface area contributed by atoms with Crippen molar-refractivity contribution in [1.29, 1.82) is 0 Å². The Morgan fingerprint density at radius 2 is 0.948 bits per heavy atom. The largest absolute Gasteiger partial charge is 0.488 e. The molecule has 58 heavy (non-hydrogen) atoms. The average Bonchev–Trinajstić information content (AvgIpc) is 3.23. The zero-order valence-corrected chi connectivity index (χ0v) is 37.4. The number of rotatable bonds is 33. The Hall–Kier alpha value is -3.36. The van der Waals surface area contributed by atoms with E-state index in [9.17, 15) is 9.59 Å². The summed E-state index contributed by atoms with van der Waals surface area (Å²) >= 11 is 0. The van der Waals surface area contributed by atoms with Crippen LogP contribution >= 0.6 is 0 Å². The van der Waals surface area contributed by atoms with Crippen LogP contribution in [-0.2, 0) is 35.0 Å². The molecule has 4 atom stereocenters. The van der Waals surface area contributed by atoms with E-state index in [-0.39, 0.29) is 38.4 Å². The number of unbranched alkanes of at least 4 members (excludes halogenated alkanes) is 6. The zero-order valence-electron chi connectivity index (χ0n) is 37.4. The highest BCUT2D eigenvalue weighted by atomic mass is 16.6. The standard InChI is InChI=1S/C50H78O8/c1-8-15-19-27-47(51)57-41(34-53-32-39(13-6)23-17-10-3)36-55-49-43-25-21-22-26-44(43)50(46-31-38(12-5)29-30-45(46)49)56-37-42(58-48(52)28-20-16-9-2)35-54-33-40(14-7)24-18-11-4/h21-22,25-26,29-31,39-42H,8-20,23-24,27-28,32-37H2,1-7H3. The van der Waals surface area contributed by atoms with Crippen LogP contribution < -0.4 is 9.47 Å². The van der Waals surface area contributed by atoms with Gasteiger partial charge < -0.3 is 28.4 Å². The summed E-state index contributed by atoms with van der Waals surface area (Å²) in [7, 11) is 0. The molecule has 8 nitrogen and oxygen atoms in total. The highest BCUT2D eigenvalue weighted by molar-refractivity contribution is 6.11. The van der Waals surface area contributed by atoms with Gasteiger partial charge in [0.1, 0.15) is 24.7 Å². The first kappa shape index (κ1) is 49.0. The van der Waals surface area contributed by atoms with E-state index in [0.717, 1.165) is 111 Å². The van der Waals surface area contributed by atoms with Crippen LogP contribution in [0, 0.1) is 11.8 Å². The van der Waals surface area contributed by atoms with E-state index < -0.39 is 12.2 Å². The third kappa shape index (κ3) is 17.1. The molecule has 0 aromatic heterocycles. The predicted octanol–water partition coefficient (Wildman–Crippen LogP) is 12.8. The summed E-state index contributed by atoms with van der Waals surface area (Å²) in [4.78, 5) is 26.0. The lowest BCUT2D eigenvalue weighted by Crippen LogP contribution is -2.31. The van der Waals surface area contributed by atoms with Crippen molar-refractivity contribution in [2.75, 3.05) is 39.6 Å². The van der Waals surface area contributed by atoms with Crippen molar-refractivity contribution in [1.82, 2.24) is 0 Å². The third-order valence-corrected chi connectivity index (χ3v) is 11.2. The normalized spacial score (nSPS) is 13.6. The molecule has 0 bridgehead atoms. The van der Waals surface area contributed by atoms with E-state index in [1.54, 1.807) is 0 Å². The molecule has 0 spiro atoms. The summed E-state index contributed by atoms with van der Waals surface area (Å²) in [6, 6.07) is 14.5. The molecular weight excluding hydrogens is 729 g/mol. The predicted molar refractivity (Wildman–Crippen MR) is 238 cm³/mol. The molecule has 0 heterocycles. The van der Waals surface area contributed by atoms with Gasteiger partial charge in [0.05, 0.1) is 13.2 Å². The van der Waals surface area contributed by atoms with E-state index in [0.29, 0.717) is 43.6 Å². The van der Waals surface area contributed by atoms with Crippen molar-refractivity contribution in [2.45, 2.75) is 170 Å². The van der Waals surface area contributed by atoms with E-state index >= 15 is 0 Å². The molecule has 0 radical (unpaired) electrons. The number of esters is 2. The van der Waals surface area contributed by atoms with Crippen molar-refractivity contribution in [3.8, 4) is 11.5 Å². The number of aryl methyl sites for hydroxylation is 1. The lowest BCUT2D eigenvalue weighted by Gasteiger charge is -2.24. The Labute approximate surface area is 351 Å². The van der Waals surface area contributed by atoms with Gasteiger partial charge in [0, 0.05) is 47.6 Å². The second-order valence-corrected chi connectivity index (χ2v) is 16.1. The molecular formula is C50H78O8. The molecule has 0 N–H and O–H groups in total. The van der Waals surface area contributed by atoms with Crippen LogP contribution in [0.1, 0.15) is 157 Å². The van der Waals surface area contributed by atoms with Crippen LogP contribution in [0.5, 0.6) is 11.5 Å². The fourth-order valence-electron chi connectivity index (χ4n) is 7.32. The quantitative estimate of drug-likeness (QED) is 0.0341. The topological polar surface area (TPSA) is 89.5 Å². The van der Waals surface area contributed by atoms with Crippen LogP contribution in [0.25, 0.3) is 21.5 Å². The lowest BCUT2D eigenvalue weighted by molar-refractivity contribution is -0.155. The van der Waals surface area contributed by atoms with Gasteiger partial charge in [-0.1, -0.05) is 149 Å². The number of carbonyl (C=O) groups excluding carboxylic acids is 2. The number of ether oxygens (including phenoxy) is 6. The Morgan fingerprint density at radius 1 is 0.500 bits per heavy atom. The van der Waals surface area contributed by atoms with Gasteiger partial charge in [0.15, 0.2) is 12.2 Å². The summed E-state index contributed by atoms with van der Waals surface area (Å²) in [5.41, 5.74) is 1.17.